The topological polar surface area (TPSA) is 15.3 Å². The summed E-state index contributed by atoms with van der Waals surface area (Å²) in [5.74, 6) is 0.446. The molecule has 3 heteroatoms. The van der Waals surface area contributed by atoms with E-state index in [9.17, 15) is 4.39 Å². The molecule has 0 bridgehead atoms. The van der Waals surface area contributed by atoms with E-state index in [2.05, 4.69) is 24.1 Å². The molecule has 0 aromatic heterocycles. The van der Waals surface area contributed by atoms with Crippen LogP contribution in [0.4, 0.5) is 10.1 Å². The van der Waals surface area contributed by atoms with Crippen molar-refractivity contribution in [3.05, 3.63) is 29.6 Å². The van der Waals surface area contributed by atoms with E-state index in [0.717, 1.165) is 43.7 Å². The van der Waals surface area contributed by atoms with Gasteiger partial charge in [0.25, 0.3) is 0 Å². The minimum atomic E-state index is -0.0891. The summed E-state index contributed by atoms with van der Waals surface area (Å²) in [7, 11) is 0. The summed E-state index contributed by atoms with van der Waals surface area (Å²) in [5, 5.41) is 3.60. The minimum Gasteiger partial charge on any atom is -0.369 e. The van der Waals surface area contributed by atoms with Gasteiger partial charge in [-0.15, -0.1) is 0 Å². The van der Waals surface area contributed by atoms with Crippen molar-refractivity contribution in [3.63, 3.8) is 0 Å². The molecular weight excluding hydrogens is 239 g/mol. The van der Waals surface area contributed by atoms with Gasteiger partial charge in [0.05, 0.1) is 5.69 Å². The predicted molar refractivity (Wildman–Crippen MR) is 79.2 cm³/mol. The Bertz CT molecular complexity index is 399. The van der Waals surface area contributed by atoms with E-state index < -0.39 is 0 Å². The molecule has 2 atom stereocenters. The fraction of sp³-hybridized carbons (Fsp3) is 0.625. The normalized spacial score (nSPS) is 24.9. The van der Waals surface area contributed by atoms with Gasteiger partial charge in [0, 0.05) is 19.1 Å². The molecular formula is C16H25FN2. The quantitative estimate of drug-likeness (QED) is 0.881. The van der Waals surface area contributed by atoms with Crippen LogP contribution in [0.25, 0.3) is 0 Å². The molecule has 2 unspecified atom stereocenters. The third kappa shape index (κ3) is 3.47. The van der Waals surface area contributed by atoms with Gasteiger partial charge >= 0.3 is 0 Å². The molecule has 1 aromatic carbocycles. The maximum absolute atomic E-state index is 14.1. The average Bonchev–Trinajstić information content (AvgIpc) is 2.35. The first kappa shape index (κ1) is 14.3. The van der Waals surface area contributed by atoms with Gasteiger partial charge in [0.2, 0.25) is 0 Å². The zero-order valence-electron chi connectivity index (χ0n) is 12.2. The molecule has 0 aliphatic carbocycles. The summed E-state index contributed by atoms with van der Waals surface area (Å²) in [6.07, 6.45) is 2.22. The Kier molecular flexibility index (Phi) is 4.81. The van der Waals surface area contributed by atoms with Gasteiger partial charge in [0.1, 0.15) is 5.82 Å². The maximum atomic E-state index is 14.1. The Morgan fingerprint density at radius 3 is 2.89 bits per heavy atom. The molecule has 19 heavy (non-hydrogen) atoms. The second-order valence-corrected chi connectivity index (χ2v) is 5.76. The Hall–Kier alpha value is -1.09. The molecule has 1 saturated heterocycles. The van der Waals surface area contributed by atoms with Crippen LogP contribution >= 0.6 is 0 Å². The van der Waals surface area contributed by atoms with Crippen molar-refractivity contribution in [2.75, 3.05) is 24.5 Å². The number of para-hydroxylation sites is 1. The van der Waals surface area contributed by atoms with Crippen molar-refractivity contribution >= 4 is 5.69 Å². The molecule has 0 amide bonds. The number of nitrogens with zero attached hydrogens (tertiary/aromatic N) is 1. The van der Waals surface area contributed by atoms with E-state index in [0.29, 0.717) is 12.0 Å². The van der Waals surface area contributed by atoms with E-state index in [1.165, 1.54) is 0 Å². The van der Waals surface area contributed by atoms with Gasteiger partial charge in [0.15, 0.2) is 0 Å². The van der Waals surface area contributed by atoms with Gasteiger partial charge in [-0.2, -0.15) is 0 Å². The lowest BCUT2D eigenvalue weighted by Gasteiger charge is -2.34. The number of rotatable bonds is 2. The Balaban J connectivity index is 2.21. The summed E-state index contributed by atoms with van der Waals surface area (Å²) in [6.45, 7) is 9.31. The number of benzene rings is 1. The minimum absolute atomic E-state index is 0.0891. The first-order valence-electron chi connectivity index (χ1n) is 7.35. The first-order chi connectivity index (χ1) is 9.11. The summed E-state index contributed by atoms with van der Waals surface area (Å²) >= 11 is 0. The fourth-order valence-corrected chi connectivity index (χ4v) is 2.89. The highest BCUT2D eigenvalue weighted by molar-refractivity contribution is 5.54. The van der Waals surface area contributed by atoms with Gasteiger partial charge in [-0.25, -0.2) is 4.39 Å². The van der Waals surface area contributed by atoms with Crippen molar-refractivity contribution in [3.8, 4) is 0 Å². The van der Waals surface area contributed by atoms with E-state index in [1.807, 2.05) is 13.0 Å². The summed E-state index contributed by atoms with van der Waals surface area (Å²) in [4.78, 5) is 2.23. The Labute approximate surface area is 116 Å². The molecule has 1 fully saturated rings. The van der Waals surface area contributed by atoms with Gasteiger partial charge < -0.3 is 10.2 Å². The van der Waals surface area contributed by atoms with Crippen LogP contribution in [0.3, 0.4) is 0 Å². The lowest BCUT2D eigenvalue weighted by Crippen LogP contribution is -2.44. The van der Waals surface area contributed by atoms with Crippen LogP contribution in [0.1, 0.15) is 32.3 Å². The molecule has 1 N–H and O–H groups in total. The molecule has 2 rings (SSSR count). The smallest absolute Gasteiger partial charge is 0.146 e. The lowest BCUT2D eigenvalue weighted by molar-refractivity contribution is 0.386. The van der Waals surface area contributed by atoms with Crippen LogP contribution in [-0.4, -0.2) is 25.7 Å². The highest BCUT2D eigenvalue weighted by Gasteiger charge is 2.21. The molecule has 0 saturated carbocycles. The molecule has 1 aliphatic heterocycles. The third-order valence-electron chi connectivity index (χ3n) is 4.03. The summed E-state index contributed by atoms with van der Waals surface area (Å²) < 4.78 is 14.1. The van der Waals surface area contributed by atoms with Crippen LogP contribution in [0.15, 0.2) is 18.2 Å². The van der Waals surface area contributed by atoms with E-state index in [4.69, 9.17) is 0 Å². The van der Waals surface area contributed by atoms with E-state index in [1.54, 1.807) is 12.1 Å². The molecule has 1 aliphatic rings. The zero-order valence-corrected chi connectivity index (χ0v) is 12.2. The SMILES string of the molecule is CCC1CCN(c2c(C)cccc2F)CC(C)CN1. The zero-order chi connectivity index (χ0) is 13.8. The van der Waals surface area contributed by atoms with Crippen LogP contribution in [0.2, 0.25) is 0 Å². The largest absolute Gasteiger partial charge is 0.369 e. The van der Waals surface area contributed by atoms with Gasteiger partial charge in [-0.1, -0.05) is 26.0 Å². The van der Waals surface area contributed by atoms with E-state index in [-0.39, 0.29) is 5.82 Å². The highest BCUT2D eigenvalue weighted by atomic mass is 19.1. The lowest BCUT2D eigenvalue weighted by atomic mass is 10.0. The molecule has 0 radical (unpaired) electrons. The average molecular weight is 264 g/mol. The highest BCUT2D eigenvalue weighted by Crippen LogP contribution is 2.26. The second kappa shape index (κ2) is 6.38. The van der Waals surface area contributed by atoms with Crippen LogP contribution < -0.4 is 10.2 Å². The molecule has 1 heterocycles. The number of halogens is 1. The predicted octanol–water partition coefficient (Wildman–Crippen LogP) is 3.35. The van der Waals surface area contributed by atoms with Gasteiger partial charge in [-0.05, 0) is 43.9 Å². The standard InChI is InChI=1S/C16H25FN2/c1-4-14-8-9-19(11-12(2)10-18-14)16-13(3)6-5-7-15(16)17/h5-7,12,14,18H,4,8-11H2,1-3H3. The van der Waals surface area contributed by atoms with Crippen LogP contribution in [-0.2, 0) is 0 Å². The van der Waals surface area contributed by atoms with Crippen LogP contribution in [0.5, 0.6) is 0 Å². The van der Waals surface area contributed by atoms with Crippen molar-refractivity contribution < 1.29 is 4.39 Å². The number of anilines is 1. The maximum Gasteiger partial charge on any atom is 0.146 e. The fourth-order valence-electron chi connectivity index (χ4n) is 2.89. The third-order valence-corrected chi connectivity index (χ3v) is 4.03. The molecule has 106 valence electrons. The monoisotopic (exact) mass is 264 g/mol. The number of hydrogen-bond acceptors (Lipinski definition) is 2. The summed E-state index contributed by atoms with van der Waals surface area (Å²) in [6, 6.07) is 5.91. The van der Waals surface area contributed by atoms with Gasteiger partial charge in [-0.3, -0.25) is 0 Å². The number of hydrogen-bond donors (Lipinski definition) is 1. The molecule has 0 spiro atoms. The van der Waals surface area contributed by atoms with Crippen molar-refractivity contribution in [2.24, 2.45) is 5.92 Å². The number of aryl methyl sites for hydroxylation is 1. The van der Waals surface area contributed by atoms with Crippen molar-refractivity contribution in [2.45, 2.75) is 39.7 Å². The Morgan fingerprint density at radius 1 is 1.42 bits per heavy atom. The number of nitrogens with one attached hydrogen (secondary N) is 1. The molecule has 2 nitrogen and oxygen atoms in total. The molecule has 1 aromatic rings. The van der Waals surface area contributed by atoms with Crippen LogP contribution in [0, 0.1) is 18.7 Å². The van der Waals surface area contributed by atoms with E-state index >= 15 is 0 Å². The second-order valence-electron chi connectivity index (χ2n) is 5.76. The van der Waals surface area contributed by atoms with Crippen molar-refractivity contribution in [1.29, 1.82) is 0 Å². The summed E-state index contributed by atoms with van der Waals surface area (Å²) in [5.41, 5.74) is 1.83. The first-order valence-corrected chi connectivity index (χ1v) is 7.35. The van der Waals surface area contributed by atoms with Crippen molar-refractivity contribution in [1.82, 2.24) is 5.32 Å². The Morgan fingerprint density at radius 2 is 2.21 bits per heavy atom.